The summed E-state index contributed by atoms with van der Waals surface area (Å²) in [6.45, 7) is 0. The Morgan fingerprint density at radius 3 is 2.00 bits per heavy atom. The lowest BCUT2D eigenvalue weighted by Crippen LogP contribution is -1.70. The van der Waals surface area contributed by atoms with Crippen LogP contribution in [0.3, 0.4) is 0 Å². The van der Waals surface area contributed by atoms with Crippen molar-refractivity contribution in [1.82, 2.24) is 0 Å². The minimum absolute atomic E-state index is 0.372. The summed E-state index contributed by atoms with van der Waals surface area (Å²) >= 11 is 17.9. The summed E-state index contributed by atoms with van der Waals surface area (Å²) in [6, 6.07) is 9.91. The van der Waals surface area contributed by atoms with Crippen molar-refractivity contribution in [2.75, 3.05) is 0 Å². The number of hydrogen-bond acceptors (Lipinski definition) is 0. The molecule has 0 saturated carbocycles. The van der Waals surface area contributed by atoms with Crippen molar-refractivity contribution < 1.29 is 0 Å². The van der Waals surface area contributed by atoms with Crippen molar-refractivity contribution in [3.63, 3.8) is 0 Å². The topological polar surface area (TPSA) is 0 Å². The van der Waals surface area contributed by atoms with Crippen molar-refractivity contribution in [1.29, 1.82) is 0 Å². The summed E-state index contributed by atoms with van der Waals surface area (Å²) in [4.78, 5) is 0. The predicted octanol–water partition coefficient (Wildman–Crippen LogP) is 5.35. The second kappa shape index (κ2) is 4.16. The lowest BCUT2D eigenvalue weighted by molar-refractivity contribution is 1.70. The molecule has 0 nitrogen and oxygen atoms in total. The maximum Gasteiger partial charge on any atom is 0.0825 e. The molecule has 1 aromatic carbocycles. The first-order chi connectivity index (χ1) is 6.70. The van der Waals surface area contributed by atoms with E-state index in [1.807, 2.05) is 30.3 Å². The molecule has 0 N–H and O–H groups in total. The van der Waals surface area contributed by atoms with Gasteiger partial charge in [0.05, 0.1) is 14.8 Å². The van der Waals surface area contributed by atoms with Crippen LogP contribution in [0.25, 0.3) is 10.9 Å². The molecule has 2 rings (SSSR count). The highest BCUT2D eigenvalue weighted by Crippen LogP contribution is 2.48. The molecule has 14 heavy (non-hydrogen) atoms. The van der Waals surface area contributed by atoms with E-state index in [2.05, 4.69) is 0 Å². The predicted molar refractivity (Wildman–Crippen MR) is 66.4 cm³/mol. The van der Waals surface area contributed by atoms with Gasteiger partial charge in [-0.25, -0.2) is 0 Å². The molecule has 0 aliphatic rings. The largest absolute Gasteiger partial charge is 0.109 e. The van der Waals surface area contributed by atoms with Gasteiger partial charge in [0.25, 0.3) is 0 Å². The third kappa shape index (κ3) is 1.81. The molecule has 0 amide bonds. The van der Waals surface area contributed by atoms with E-state index >= 15 is 0 Å². The molecule has 0 aliphatic carbocycles. The monoisotopic (exact) mass is 262 g/mol. The first-order valence-electron chi connectivity index (χ1n) is 3.98. The molecule has 0 fully saturated rings. The van der Waals surface area contributed by atoms with Crippen molar-refractivity contribution >= 4 is 43.0 Å². The zero-order valence-corrected chi connectivity index (χ0v) is 10.3. The number of halogens is 3. The smallest absolute Gasteiger partial charge is 0.0825 e. The number of rotatable bonds is 1. The molecule has 0 radical (unpaired) electrons. The maximum absolute atomic E-state index is 6.07. The maximum atomic E-state index is 6.07. The average molecular weight is 263 g/mol. The minimum atomic E-state index is 0.372. The molecule has 1 atom stereocenters. The van der Waals surface area contributed by atoms with E-state index in [0.717, 1.165) is 10.9 Å². The van der Waals surface area contributed by atoms with E-state index in [0.29, 0.717) is 23.0 Å². The molecular formula is C10H6Cl3P. The number of benzene rings is 1. The fourth-order valence-electron chi connectivity index (χ4n) is 1.23. The summed E-state index contributed by atoms with van der Waals surface area (Å²) in [7, 11) is 0.372. The lowest BCUT2D eigenvalue weighted by Gasteiger charge is -1.97. The fourth-order valence-corrected chi connectivity index (χ4v) is 3.40. The van der Waals surface area contributed by atoms with E-state index in [-0.39, 0.29) is 0 Å². The van der Waals surface area contributed by atoms with Crippen LogP contribution in [-0.4, -0.2) is 0 Å². The van der Waals surface area contributed by atoms with E-state index in [4.69, 9.17) is 34.8 Å². The van der Waals surface area contributed by atoms with Crippen LogP contribution >= 0.6 is 43.0 Å². The standard InChI is InChI=1S/C10H6Cl3P/c11-7-8(12)10(13)14-9(7)6-4-2-1-3-5-6/h1-5,14H. The van der Waals surface area contributed by atoms with Crippen molar-refractivity contribution in [3.05, 3.63) is 45.1 Å². The summed E-state index contributed by atoms with van der Waals surface area (Å²) in [6.07, 6.45) is 0. The highest BCUT2D eigenvalue weighted by Gasteiger charge is 2.12. The van der Waals surface area contributed by atoms with Crippen LogP contribution in [0.1, 0.15) is 0 Å². The van der Waals surface area contributed by atoms with Crippen molar-refractivity contribution in [2.24, 2.45) is 0 Å². The molecule has 0 spiro atoms. The third-order valence-electron chi connectivity index (χ3n) is 1.90. The zero-order chi connectivity index (χ0) is 10.1. The molecule has 2 aromatic rings. The van der Waals surface area contributed by atoms with Gasteiger partial charge in [-0.05, 0) is 5.56 Å². The molecular weight excluding hydrogens is 257 g/mol. The van der Waals surface area contributed by atoms with Gasteiger partial charge in [-0.2, -0.15) is 0 Å². The minimum Gasteiger partial charge on any atom is -0.109 e. The molecule has 1 aromatic heterocycles. The van der Waals surface area contributed by atoms with E-state index in [1.54, 1.807) is 0 Å². The Kier molecular flexibility index (Phi) is 3.09. The van der Waals surface area contributed by atoms with Crippen LogP contribution in [0.4, 0.5) is 0 Å². The molecule has 0 bridgehead atoms. The second-order valence-corrected chi connectivity index (χ2v) is 5.51. The number of hydrogen-bond donors (Lipinski definition) is 0. The molecule has 0 aliphatic heterocycles. The van der Waals surface area contributed by atoms with Gasteiger partial charge in [-0.15, -0.1) is 8.19 Å². The Morgan fingerprint density at radius 1 is 0.857 bits per heavy atom. The van der Waals surface area contributed by atoms with Gasteiger partial charge >= 0.3 is 0 Å². The van der Waals surface area contributed by atoms with Gasteiger partial charge in [0, 0.05) is 5.30 Å². The van der Waals surface area contributed by atoms with Gasteiger partial charge in [0.1, 0.15) is 0 Å². The van der Waals surface area contributed by atoms with Gasteiger partial charge in [-0.1, -0.05) is 65.1 Å². The first-order valence-corrected chi connectivity index (χ1v) is 6.11. The van der Waals surface area contributed by atoms with Crippen LogP contribution in [0.15, 0.2) is 30.3 Å². The Labute approximate surface area is 98.9 Å². The highest BCUT2D eigenvalue weighted by molar-refractivity contribution is 7.38. The fraction of sp³-hybridized carbons (Fsp3) is 0. The van der Waals surface area contributed by atoms with Crippen molar-refractivity contribution in [2.45, 2.75) is 0 Å². The Morgan fingerprint density at radius 2 is 1.50 bits per heavy atom. The molecule has 72 valence electrons. The third-order valence-corrected chi connectivity index (χ3v) is 4.90. The summed E-state index contributed by atoms with van der Waals surface area (Å²) < 4.78 is 0.649. The van der Waals surface area contributed by atoms with Crippen LogP contribution in [-0.2, 0) is 0 Å². The molecule has 4 heteroatoms. The quantitative estimate of drug-likeness (QED) is 0.651. The van der Waals surface area contributed by atoms with Crippen LogP contribution in [0.2, 0.25) is 14.8 Å². The van der Waals surface area contributed by atoms with Gasteiger partial charge < -0.3 is 0 Å². The summed E-state index contributed by atoms with van der Waals surface area (Å²) in [5.41, 5.74) is 1.09. The van der Waals surface area contributed by atoms with Crippen molar-refractivity contribution in [3.8, 4) is 10.9 Å². The lowest BCUT2D eigenvalue weighted by atomic mass is 10.2. The zero-order valence-electron chi connectivity index (χ0n) is 7.02. The first kappa shape index (κ1) is 10.4. The molecule has 0 saturated heterocycles. The Balaban J connectivity index is 2.58. The van der Waals surface area contributed by atoms with E-state index in [9.17, 15) is 0 Å². The average Bonchev–Trinajstić information content (AvgIpc) is 2.47. The van der Waals surface area contributed by atoms with Gasteiger partial charge in [0.15, 0.2) is 0 Å². The van der Waals surface area contributed by atoms with Gasteiger partial charge in [0.2, 0.25) is 0 Å². The van der Waals surface area contributed by atoms with E-state index < -0.39 is 0 Å². The van der Waals surface area contributed by atoms with Gasteiger partial charge in [-0.3, -0.25) is 0 Å². The highest BCUT2D eigenvalue weighted by atomic mass is 35.5. The van der Waals surface area contributed by atoms with Crippen LogP contribution in [0, 0.1) is 0 Å². The van der Waals surface area contributed by atoms with E-state index in [1.165, 1.54) is 0 Å². The Bertz CT molecular complexity index is 448. The normalized spacial score (nSPS) is 11.1. The summed E-state index contributed by atoms with van der Waals surface area (Å²) in [5.74, 6) is 0. The second-order valence-electron chi connectivity index (χ2n) is 2.81. The van der Waals surface area contributed by atoms with Crippen LogP contribution < -0.4 is 0 Å². The SMILES string of the molecule is Clc1[pH]c(-c2ccccc2)c(Cl)c1Cl. The molecule has 1 heterocycles. The van der Waals surface area contributed by atoms with Crippen LogP contribution in [0.5, 0.6) is 0 Å². The molecule has 1 unspecified atom stereocenters. The Hall–Kier alpha value is -0.130. The summed E-state index contributed by atoms with van der Waals surface area (Å²) in [5, 5.41) is 2.11.